The zero-order chi connectivity index (χ0) is 20.2. The number of hydrogen-bond donors (Lipinski definition) is 0. The number of ether oxygens (including phenoxy) is 1. The van der Waals surface area contributed by atoms with Crippen molar-refractivity contribution in [2.24, 2.45) is 0 Å². The minimum Gasteiger partial charge on any atom is -0.461 e. The Morgan fingerprint density at radius 2 is 1.85 bits per heavy atom. The molecule has 0 radical (unpaired) electrons. The van der Waals surface area contributed by atoms with Crippen molar-refractivity contribution in [1.29, 1.82) is 0 Å². The lowest BCUT2D eigenvalue weighted by Gasteiger charge is -2.37. The molecule has 0 fully saturated rings. The molecule has 148 valence electrons. The maximum Gasteiger partial charge on any atom is 0.356 e. The topological polar surface area (TPSA) is 53.3 Å². The number of benzene rings is 1. The van der Waals surface area contributed by atoms with Crippen LogP contribution in [0.25, 0.3) is 0 Å². The molecule has 1 atom stereocenters. The van der Waals surface area contributed by atoms with Gasteiger partial charge in [0.2, 0.25) is 0 Å². The van der Waals surface area contributed by atoms with Crippen molar-refractivity contribution in [1.82, 2.24) is 9.55 Å². The minimum atomic E-state index is -1.93. The summed E-state index contributed by atoms with van der Waals surface area (Å²) in [5.74, 6) is -0.362. The molecule has 0 aliphatic heterocycles. The second-order valence-electron chi connectivity index (χ2n) is 8.40. The summed E-state index contributed by atoms with van der Waals surface area (Å²) in [5.41, 5.74) is 2.73. The molecular weight excluding hydrogens is 356 g/mol. The van der Waals surface area contributed by atoms with Gasteiger partial charge in [-0.15, -0.1) is 0 Å². The number of aryl methyl sites for hydroxylation is 1. The minimum absolute atomic E-state index is 0.115. The number of imidazole rings is 1. The molecule has 0 saturated heterocycles. The van der Waals surface area contributed by atoms with Crippen LogP contribution in [0.3, 0.4) is 0 Å². The fraction of sp³-hybridized carbons (Fsp3) is 0.524. The zero-order valence-corrected chi connectivity index (χ0v) is 18.6. The van der Waals surface area contributed by atoms with Crippen molar-refractivity contribution in [3.63, 3.8) is 0 Å². The van der Waals surface area contributed by atoms with Crippen LogP contribution in [0.15, 0.2) is 36.8 Å². The fourth-order valence-electron chi connectivity index (χ4n) is 2.55. The maximum absolute atomic E-state index is 12.4. The van der Waals surface area contributed by atoms with E-state index in [1.165, 1.54) is 5.56 Å². The van der Waals surface area contributed by atoms with Crippen LogP contribution in [0.4, 0.5) is 0 Å². The first-order chi connectivity index (χ1) is 12.6. The normalized spacial score (nSPS) is 13.4. The van der Waals surface area contributed by atoms with E-state index in [-0.39, 0.29) is 17.0 Å². The van der Waals surface area contributed by atoms with E-state index in [4.69, 9.17) is 9.16 Å². The first kappa shape index (κ1) is 21.4. The Hall–Kier alpha value is -1.92. The highest BCUT2D eigenvalue weighted by Crippen LogP contribution is 2.37. The van der Waals surface area contributed by atoms with Crippen molar-refractivity contribution in [2.75, 3.05) is 13.2 Å². The summed E-state index contributed by atoms with van der Waals surface area (Å²) in [7, 11) is -1.93. The Bertz CT molecular complexity index is 760. The van der Waals surface area contributed by atoms with E-state index in [0.717, 1.165) is 5.56 Å². The highest BCUT2D eigenvalue weighted by Gasteiger charge is 2.38. The summed E-state index contributed by atoms with van der Waals surface area (Å²) in [5, 5.41) is 0.115. The van der Waals surface area contributed by atoms with Crippen molar-refractivity contribution in [3.05, 3.63) is 53.6 Å². The van der Waals surface area contributed by atoms with Crippen molar-refractivity contribution >= 4 is 14.3 Å². The van der Waals surface area contributed by atoms with Gasteiger partial charge in [-0.3, -0.25) is 0 Å². The summed E-state index contributed by atoms with van der Waals surface area (Å²) in [6.07, 6.45) is 3.25. The second kappa shape index (κ2) is 8.40. The first-order valence-corrected chi connectivity index (χ1v) is 12.4. The average molecular weight is 389 g/mol. The largest absolute Gasteiger partial charge is 0.461 e. The number of carbonyl (C=O) groups excluding carboxylic acids is 1. The molecule has 1 aromatic carbocycles. The van der Waals surface area contributed by atoms with Gasteiger partial charge in [0.1, 0.15) is 5.69 Å². The van der Waals surface area contributed by atoms with Gasteiger partial charge in [0.25, 0.3) is 0 Å². The third-order valence-electron chi connectivity index (χ3n) is 5.36. The Labute approximate surface area is 163 Å². The van der Waals surface area contributed by atoms with Crippen LogP contribution in [0, 0.1) is 6.92 Å². The van der Waals surface area contributed by atoms with Crippen LogP contribution in [0.2, 0.25) is 18.1 Å². The lowest BCUT2D eigenvalue weighted by molar-refractivity contribution is 0.0510. The summed E-state index contributed by atoms with van der Waals surface area (Å²) < 4.78 is 13.6. The quantitative estimate of drug-likeness (QED) is 0.496. The SMILES string of the molecule is CCOC(=O)c1cncn1C(CO[Si](C)(C)C(C)(C)C)c1ccc(C)cc1. The molecule has 0 bridgehead atoms. The van der Waals surface area contributed by atoms with Crippen molar-refractivity contribution < 1.29 is 14.0 Å². The number of carbonyl (C=O) groups is 1. The molecule has 5 nitrogen and oxygen atoms in total. The smallest absolute Gasteiger partial charge is 0.356 e. The van der Waals surface area contributed by atoms with E-state index >= 15 is 0 Å². The van der Waals surface area contributed by atoms with Gasteiger partial charge in [-0.1, -0.05) is 50.6 Å². The van der Waals surface area contributed by atoms with Crippen molar-refractivity contribution in [3.8, 4) is 0 Å². The highest BCUT2D eigenvalue weighted by molar-refractivity contribution is 6.74. The van der Waals surface area contributed by atoms with Gasteiger partial charge in [-0.05, 0) is 37.5 Å². The molecule has 0 N–H and O–H groups in total. The van der Waals surface area contributed by atoms with Gasteiger partial charge in [0.05, 0.1) is 31.8 Å². The molecule has 27 heavy (non-hydrogen) atoms. The van der Waals surface area contributed by atoms with Gasteiger partial charge in [-0.2, -0.15) is 0 Å². The molecular formula is C21H32N2O3Si. The Balaban J connectivity index is 2.39. The summed E-state index contributed by atoms with van der Waals surface area (Å²) >= 11 is 0. The summed E-state index contributed by atoms with van der Waals surface area (Å²) in [6, 6.07) is 8.20. The molecule has 1 heterocycles. The molecule has 0 spiro atoms. The second-order valence-corrected chi connectivity index (χ2v) is 13.2. The number of hydrogen-bond acceptors (Lipinski definition) is 4. The van der Waals surface area contributed by atoms with Gasteiger partial charge in [0, 0.05) is 0 Å². The van der Waals surface area contributed by atoms with Gasteiger partial charge >= 0.3 is 5.97 Å². The average Bonchev–Trinajstić information content (AvgIpc) is 3.05. The molecule has 1 aromatic heterocycles. The first-order valence-electron chi connectivity index (χ1n) is 9.46. The van der Waals surface area contributed by atoms with Crippen LogP contribution in [0.5, 0.6) is 0 Å². The lowest BCUT2D eigenvalue weighted by atomic mass is 10.1. The van der Waals surface area contributed by atoms with Gasteiger partial charge < -0.3 is 13.7 Å². The number of nitrogens with zero attached hydrogens (tertiary/aromatic N) is 2. The number of esters is 1. The van der Waals surface area contributed by atoms with Gasteiger partial charge in [-0.25, -0.2) is 9.78 Å². The van der Waals surface area contributed by atoms with E-state index in [1.807, 2.05) is 4.57 Å². The highest BCUT2D eigenvalue weighted by atomic mass is 28.4. The monoisotopic (exact) mass is 388 g/mol. The third kappa shape index (κ3) is 5.08. The molecule has 0 aliphatic carbocycles. The fourth-order valence-corrected chi connectivity index (χ4v) is 3.55. The van der Waals surface area contributed by atoms with Crippen LogP contribution in [0.1, 0.15) is 55.4 Å². The lowest BCUT2D eigenvalue weighted by Crippen LogP contribution is -2.42. The van der Waals surface area contributed by atoms with E-state index in [9.17, 15) is 4.79 Å². The molecule has 0 aliphatic rings. The molecule has 2 rings (SSSR count). The Kier molecular flexibility index (Phi) is 6.65. The van der Waals surface area contributed by atoms with E-state index in [1.54, 1.807) is 19.4 Å². The Morgan fingerprint density at radius 3 is 2.41 bits per heavy atom. The third-order valence-corrected chi connectivity index (χ3v) is 9.86. The summed E-state index contributed by atoms with van der Waals surface area (Å²) in [6.45, 7) is 15.8. The van der Waals surface area contributed by atoms with Crippen LogP contribution in [-0.2, 0) is 9.16 Å². The molecule has 6 heteroatoms. The van der Waals surface area contributed by atoms with Crippen LogP contribution in [-0.4, -0.2) is 37.1 Å². The summed E-state index contributed by atoms with van der Waals surface area (Å²) in [4.78, 5) is 16.6. The molecule has 2 aromatic rings. The zero-order valence-electron chi connectivity index (χ0n) is 17.6. The Morgan fingerprint density at radius 1 is 1.22 bits per heavy atom. The number of rotatable bonds is 7. The van der Waals surface area contributed by atoms with E-state index < -0.39 is 8.32 Å². The standard InChI is InChI=1S/C21H32N2O3Si/c1-8-25-20(24)18-13-22-15-23(18)19(17-11-9-16(2)10-12-17)14-26-27(6,7)21(3,4)5/h9-13,15,19H,8,14H2,1-7H3. The number of aromatic nitrogens is 2. The molecule has 0 amide bonds. The van der Waals surface area contributed by atoms with E-state index in [2.05, 4.69) is 70.0 Å². The van der Waals surface area contributed by atoms with Crippen molar-refractivity contribution in [2.45, 2.75) is 58.8 Å². The van der Waals surface area contributed by atoms with Gasteiger partial charge in [0.15, 0.2) is 8.32 Å². The molecule has 0 saturated carbocycles. The van der Waals surface area contributed by atoms with E-state index in [0.29, 0.717) is 18.9 Å². The van der Waals surface area contributed by atoms with Crippen LogP contribution < -0.4 is 0 Å². The molecule has 1 unspecified atom stereocenters. The predicted octanol–water partition coefficient (Wildman–Crippen LogP) is 4.98. The van der Waals surface area contributed by atoms with Crippen LogP contribution >= 0.6 is 0 Å². The predicted molar refractivity (Wildman–Crippen MR) is 111 cm³/mol. The maximum atomic E-state index is 12.4.